The van der Waals surface area contributed by atoms with Gasteiger partial charge in [0.05, 0.1) is 0 Å². The molecule has 0 radical (unpaired) electrons. The van der Waals surface area contributed by atoms with Crippen molar-refractivity contribution in [2.75, 3.05) is 43.5 Å². The molecule has 1 aliphatic rings. The average Bonchev–Trinajstić information content (AvgIpc) is 2.39. The van der Waals surface area contributed by atoms with Crippen LogP contribution in [0, 0.1) is 12.8 Å². The van der Waals surface area contributed by atoms with E-state index in [0.717, 1.165) is 49.4 Å². The molecule has 19 heavy (non-hydrogen) atoms. The zero-order valence-electron chi connectivity index (χ0n) is 12.3. The number of anilines is 2. The molecule has 0 atom stereocenters. The Kier molecular flexibility index (Phi) is 4.58. The van der Waals surface area contributed by atoms with Crippen molar-refractivity contribution in [3.8, 4) is 0 Å². The SMILES string of the molecule is Cc1nc(N(C)C)cc(N2CCC(CCN)CC2)n1. The first-order chi connectivity index (χ1) is 9.10. The lowest BCUT2D eigenvalue weighted by Crippen LogP contribution is -2.35. The molecular weight excluding hydrogens is 238 g/mol. The molecule has 5 heteroatoms. The Bertz CT molecular complexity index is 410. The van der Waals surface area contributed by atoms with Gasteiger partial charge < -0.3 is 15.5 Å². The minimum atomic E-state index is 0.789. The fraction of sp³-hybridized carbons (Fsp3) is 0.714. The van der Waals surface area contributed by atoms with E-state index in [1.807, 2.05) is 25.9 Å². The number of aromatic nitrogens is 2. The normalized spacial score (nSPS) is 16.7. The van der Waals surface area contributed by atoms with Crippen LogP contribution in [0.15, 0.2) is 6.07 Å². The quantitative estimate of drug-likeness (QED) is 0.890. The zero-order chi connectivity index (χ0) is 13.8. The maximum absolute atomic E-state index is 5.64. The van der Waals surface area contributed by atoms with Gasteiger partial charge in [0.25, 0.3) is 0 Å². The van der Waals surface area contributed by atoms with Crippen LogP contribution in [0.1, 0.15) is 25.1 Å². The van der Waals surface area contributed by atoms with Crippen LogP contribution in [-0.2, 0) is 0 Å². The Balaban J connectivity index is 2.06. The summed E-state index contributed by atoms with van der Waals surface area (Å²) in [5, 5.41) is 0. The summed E-state index contributed by atoms with van der Waals surface area (Å²) in [6.07, 6.45) is 3.59. The fourth-order valence-electron chi connectivity index (χ4n) is 2.61. The molecule has 0 aliphatic carbocycles. The van der Waals surface area contributed by atoms with Crippen LogP contribution in [0.4, 0.5) is 11.6 Å². The second-order valence-corrected chi connectivity index (χ2v) is 5.53. The molecule has 106 valence electrons. The van der Waals surface area contributed by atoms with Gasteiger partial charge >= 0.3 is 0 Å². The highest BCUT2D eigenvalue weighted by atomic mass is 15.2. The third-order valence-electron chi connectivity index (χ3n) is 3.78. The molecular formula is C14H25N5. The number of hydrogen-bond donors (Lipinski definition) is 1. The van der Waals surface area contributed by atoms with Gasteiger partial charge in [0.15, 0.2) is 0 Å². The Morgan fingerprint density at radius 1 is 1.32 bits per heavy atom. The van der Waals surface area contributed by atoms with E-state index in [1.165, 1.54) is 12.8 Å². The second-order valence-electron chi connectivity index (χ2n) is 5.53. The van der Waals surface area contributed by atoms with Crippen molar-refractivity contribution in [3.63, 3.8) is 0 Å². The molecule has 0 unspecified atom stereocenters. The molecule has 0 saturated carbocycles. The molecule has 1 aliphatic heterocycles. The summed E-state index contributed by atoms with van der Waals surface area (Å²) in [5.74, 6) is 3.66. The lowest BCUT2D eigenvalue weighted by atomic mass is 9.94. The maximum Gasteiger partial charge on any atom is 0.134 e. The molecule has 0 amide bonds. The summed E-state index contributed by atoms with van der Waals surface area (Å²) < 4.78 is 0. The largest absolute Gasteiger partial charge is 0.363 e. The van der Waals surface area contributed by atoms with Crippen LogP contribution in [0.5, 0.6) is 0 Å². The van der Waals surface area contributed by atoms with Gasteiger partial charge in [-0.05, 0) is 38.6 Å². The van der Waals surface area contributed by atoms with E-state index < -0.39 is 0 Å². The van der Waals surface area contributed by atoms with Crippen LogP contribution in [0.3, 0.4) is 0 Å². The van der Waals surface area contributed by atoms with Crippen molar-refractivity contribution in [2.24, 2.45) is 11.7 Å². The predicted molar refractivity (Wildman–Crippen MR) is 79.7 cm³/mol. The molecule has 1 aromatic rings. The van der Waals surface area contributed by atoms with Crippen molar-refractivity contribution >= 4 is 11.6 Å². The summed E-state index contributed by atoms with van der Waals surface area (Å²) >= 11 is 0. The second kappa shape index (κ2) is 6.19. The lowest BCUT2D eigenvalue weighted by molar-refractivity contribution is 0.385. The van der Waals surface area contributed by atoms with E-state index in [1.54, 1.807) is 0 Å². The van der Waals surface area contributed by atoms with E-state index in [0.29, 0.717) is 0 Å². The number of aryl methyl sites for hydroxylation is 1. The van der Waals surface area contributed by atoms with Gasteiger partial charge in [-0.3, -0.25) is 0 Å². The summed E-state index contributed by atoms with van der Waals surface area (Å²) in [6.45, 7) is 4.92. The van der Waals surface area contributed by atoms with Crippen LogP contribution < -0.4 is 15.5 Å². The van der Waals surface area contributed by atoms with Crippen molar-refractivity contribution in [1.29, 1.82) is 0 Å². The number of nitrogens with zero attached hydrogens (tertiary/aromatic N) is 4. The summed E-state index contributed by atoms with van der Waals surface area (Å²) in [5.41, 5.74) is 5.64. The zero-order valence-corrected chi connectivity index (χ0v) is 12.3. The van der Waals surface area contributed by atoms with Crippen molar-refractivity contribution < 1.29 is 0 Å². The van der Waals surface area contributed by atoms with Crippen LogP contribution in [0.25, 0.3) is 0 Å². The first-order valence-electron chi connectivity index (χ1n) is 7.08. The number of nitrogens with two attached hydrogens (primary N) is 1. The highest BCUT2D eigenvalue weighted by Crippen LogP contribution is 2.25. The molecule has 1 fully saturated rings. The molecule has 0 bridgehead atoms. The highest BCUT2D eigenvalue weighted by Gasteiger charge is 2.20. The Hall–Kier alpha value is -1.36. The monoisotopic (exact) mass is 263 g/mol. The van der Waals surface area contributed by atoms with Crippen molar-refractivity contribution in [3.05, 3.63) is 11.9 Å². The minimum absolute atomic E-state index is 0.789. The van der Waals surface area contributed by atoms with Crippen LogP contribution >= 0.6 is 0 Å². The van der Waals surface area contributed by atoms with Gasteiger partial charge in [-0.25, -0.2) is 9.97 Å². The third kappa shape index (κ3) is 3.56. The molecule has 2 N–H and O–H groups in total. The van der Waals surface area contributed by atoms with E-state index in [2.05, 4.69) is 20.9 Å². The standard InChI is InChI=1S/C14H25N5/c1-11-16-13(18(2)3)10-14(17-11)19-8-5-12(4-7-15)6-9-19/h10,12H,4-9,15H2,1-3H3. The first-order valence-corrected chi connectivity index (χ1v) is 7.08. The molecule has 1 saturated heterocycles. The van der Waals surface area contributed by atoms with E-state index >= 15 is 0 Å². The Morgan fingerprint density at radius 2 is 2.00 bits per heavy atom. The van der Waals surface area contributed by atoms with Crippen LogP contribution in [0.2, 0.25) is 0 Å². The number of hydrogen-bond acceptors (Lipinski definition) is 5. The van der Waals surface area contributed by atoms with Gasteiger partial charge in [-0.1, -0.05) is 0 Å². The average molecular weight is 263 g/mol. The van der Waals surface area contributed by atoms with Gasteiger partial charge in [-0.15, -0.1) is 0 Å². The summed E-state index contributed by atoms with van der Waals surface area (Å²) in [7, 11) is 4.03. The van der Waals surface area contributed by atoms with Gasteiger partial charge in [0, 0.05) is 33.3 Å². The van der Waals surface area contributed by atoms with E-state index in [9.17, 15) is 0 Å². The predicted octanol–water partition coefficient (Wildman–Crippen LogP) is 1.42. The van der Waals surface area contributed by atoms with Crippen LogP contribution in [-0.4, -0.2) is 43.7 Å². The lowest BCUT2D eigenvalue weighted by Gasteiger charge is -2.33. The van der Waals surface area contributed by atoms with Gasteiger partial charge in [-0.2, -0.15) is 0 Å². The summed E-state index contributed by atoms with van der Waals surface area (Å²) in [4.78, 5) is 13.4. The highest BCUT2D eigenvalue weighted by molar-refractivity contribution is 5.50. The Labute approximate surface area is 115 Å². The Morgan fingerprint density at radius 3 is 2.58 bits per heavy atom. The summed E-state index contributed by atoms with van der Waals surface area (Å²) in [6, 6.07) is 2.08. The van der Waals surface area contributed by atoms with Crippen molar-refractivity contribution in [2.45, 2.75) is 26.2 Å². The van der Waals surface area contributed by atoms with E-state index in [4.69, 9.17) is 5.73 Å². The number of rotatable bonds is 4. The van der Waals surface area contributed by atoms with Crippen molar-refractivity contribution in [1.82, 2.24) is 9.97 Å². The molecule has 2 rings (SSSR count). The molecule has 5 nitrogen and oxygen atoms in total. The molecule has 0 aromatic carbocycles. The number of piperidine rings is 1. The van der Waals surface area contributed by atoms with E-state index in [-0.39, 0.29) is 0 Å². The molecule has 2 heterocycles. The van der Waals surface area contributed by atoms with Gasteiger partial charge in [0.2, 0.25) is 0 Å². The molecule has 0 spiro atoms. The first kappa shape index (κ1) is 14.1. The molecule has 1 aromatic heterocycles. The third-order valence-corrected chi connectivity index (χ3v) is 3.78. The van der Waals surface area contributed by atoms with Gasteiger partial charge in [0.1, 0.15) is 17.5 Å². The topological polar surface area (TPSA) is 58.3 Å². The maximum atomic E-state index is 5.64. The smallest absolute Gasteiger partial charge is 0.134 e. The fourth-order valence-corrected chi connectivity index (χ4v) is 2.61. The minimum Gasteiger partial charge on any atom is -0.363 e.